The first-order valence-electron chi connectivity index (χ1n) is 11.9. The van der Waals surface area contributed by atoms with Gasteiger partial charge in [-0.3, -0.25) is 9.36 Å². The van der Waals surface area contributed by atoms with Crippen molar-refractivity contribution in [3.8, 4) is 34.4 Å². The van der Waals surface area contributed by atoms with E-state index >= 15 is 0 Å². The lowest BCUT2D eigenvalue weighted by Gasteiger charge is -2.13. The van der Waals surface area contributed by atoms with Crippen LogP contribution in [0.4, 0.5) is 0 Å². The molecule has 0 saturated heterocycles. The predicted molar refractivity (Wildman–Crippen MR) is 147 cm³/mol. The molecule has 0 radical (unpaired) electrons. The molecule has 0 saturated carbocycles. The van der Waals surface area contributed by atoms with Gasteiger partial charge in [0.2, 0.25) is 17.5 Å². The summed E-state index contributed by atoms with van der Waals surface area (Å²) >= 11 is 1.35. The van der Waals surface area contributed by atoms with Gasteiger partial charge in [0, 0.05) is 5.56 Å². The molecule has 5 aromatic rings. The number of nitrogens with zero attached hydrogens (tertiary/aromatic N) is 4. The average molecular weight is 547 g/mol. The predicted octanol–water partition coefficient (Wildman–Crippen LogP) is 4.82. The van der Waals surface area contributed by atoms with Gasteiger partial charge in [0.15, 0.2) is 16.7 Å². The molecule has 11 heteroatoms. The highest BCUT2D eigenvalue weighted by molar-refractivity contribution is 7.98. The number of hydrogen-bond donors (Lipinski definition) is 0. The van der Waals surface area contributed by atoms with Crippen molar-refractivity contribution in [3.05, 3.63) is 82.5 Å². The molecule has 10 nitrogen and oxygen atoms in total. The van der Waals surface area contributed by atoms with Gasteiger partial charge in [-0.2, -0.15) is 4.98 Å². The van der Waals surface area contributed by atoms with Crippen molar-refractivity contribution >= 4 is 22.7 Å². The molecule has 5 rings (SSSR count). The Bertz CT molecular complexity index is 1640. The van der Waals surface area contributed by atoms with Crippen molar-refractivity contribution in [2.24, 2.45) is 0 Å². The molecule has 39 heavy (non-hydrogen) atoms. The van der Waals surface area contributed by atoms with Crippen molar-refractivity contribution in [2.75, 3.05) is 28.4 Å². The van der Waals surface area contributed by atoms with E-state index in [-0.39, 0.29) is 5.56 Å². The molecule has 2 aromatic heterocycles. The fourth-order valence-electron chi connectivity index (χ4n) is 4.08. The molecule has 0 aliphatic rings. The largest absolute Gasteiger partial charge is 0.497 e. The summed E-state index contributed by atoms with van der Waals surface area (Å²) in [4.78, 5) is 22.8. The number of aromatic nitrogens is 4. The van der Waals surface area contributed by atoms with Crippen LogP contribution in [0.5, 0.6) is 23.0 Å². The SMILES string of the molecule is COc1ccc(Cn2c(SCc3nc(-c4cc(OC)c(OC)c(OC)c4)no3)nc3ccccc3c2=O)cc1. The number of hydrogen-bond acceptors (Lipinski definition) is 10. The maximum atomic E-state index is 13.4. The number of fused-ring (bicyclic) bond motifs is 1. The molecule has 0 aliphatic heterocycles. The van der Waals surface area contributed by atoms with Gasteiger partial charge in [0.05, 0.1) is 51.6 Å². The molecular formula is C28H26N4O6S. The van der Waals surface area contributed by atoms with Gasteiger partial charge < -0.3 is 23.5 Å². The van der Waals surface area contributed by atoms with Crippen LogP contribution in [-0.4, -0.2) is 48.1 Å². The Morgan fingerprint density at radius 2 is 1.59 bits per heavy atom. The topological polar surface area (TPSA) is 111 Å². The molecule has 0 N–H and O–H groups in total. The number of methoxy groups -OCH3 is 4. The van der Waals surface area contributed by atoms with Gasteiger partial charge in [-0.25, -0.2) is 4.98 Å². The normalized spacial score (nSPS) is 11.0. The van der Waals surface area contributed by atoms with E-state index in [1.807, 2.05) is 42.5 Å². The number of benzene rings is 3. The summed E-state index contributed by atoms with van der Waals surface area (Å²) in [5.74, 6) is 3.24. The Balaban J connectivity index is 1.44. The van der Waals surface area contributed by atoms with Crippen LogP contribution in [0.15, 0.2) is 75.1 Å². The molecular weight excluding hydrogens is 520 g/mol. The van der Waals surface area contributed by atoms with Gasteiger partial charge in [-0.15, -0.1) is 0 Å². The lowest BCUT2D eigenvalue weighted by Crippen LogP contribution is -2.24. The van der Waals surface area contributed by atoms with E-state index in [4.69, 9.17) is 28.5 Å². The molecule has 0 amide bonds. The molecule has 0 atom stereocenters. The van der Waals surface area contributed by atoms with Crippen molar-refractivity contribution in [1.82, 2.24) is 19.7 Å². The first-order valence-corrected chi connectivity index (χ1v) is 12.9. The first kappa shape index (κ1) is 26.1. The highest BCUT2D eigenvalue weighted by Crippen LogP contribution is 2.40. The quantitative estimate of drug-likeness (QED) is 0.179. The second kappa shape index (κ2) is 11.5. The molecule has 0 spiro atoms. The summed E-state index contributed by atoms with van der Waals surface area (Å²) in [5.41, 5.74) is 2.09. The van der Waals surface area contributed by atoms with Crippen LogP contribution in [0.25, 0.3) is 22.3 Å². The maximum absolute atomic E-state index is 13.4. The number of thioether (sulfide) groups is 1. The van der Waals surface area contributed by atoms with E-state index in [9.17, 15) is 4.79 Å². The highest BCUT2D eigenvalue weighted by atomic mass is 32.2. The second-order valence-corrected chi connectivity index (χ2v) is 9.31. The monoisotopic (exact) mass is 546 g/mol. The van der Waals surface area contributed by atoms with Gasteiger partial charge in [-0.05, 0) is 42.0 Å². The van der Waals surface area contributed by atoms with Crippen LogP contribution < -0.4 is 24.5 Å². The fourth-order valence-corrected chi connectivity index (χ4v) is 4.91. The molecule has 0 unspecified atom stereocenters. The van der Waals surface area contributed by atoms with Crippen LogP contribution >= 0.6 is 11.8 Å². The number of ether oxygens (including phenoxy) is 4. The van der Waals surface area contributed by atoms with Crippen LogP contribution in [0, 0.1) is 0 Å². The minimum Gasteiger partial charge on any atom is -0.497 e. The summed E-state index contributed by atoms with van der Waals surface area (Å²) in [5, 5.41) is 5.22. The van der Waals surface area contributed by atoms with Crippen LogP contribution in [0.3, 0.4) is 0 Å². The van der Waals surface area contributed by atoms with Crippen LogP contribution in [0.2, 0.25) is 0 Å². The summed E-state index contributed by atoms with van der Waals surface area (Å²) in [6, 6.07) is 18.4. The molecule has 200 valence electrons. The molecule has 2 heterocycles. The van der Waals surface area contributed by atoms with Gasteiger partial charge in [0.1, 0.15) is 5.75 Å². The molecule has 0 bridgehead atoms. The van der Waals surface area contributed by atoms with Gasteiger partial charge >= 0.3 is 0 Å². The van der Waals surface area contributed by atoms with Gasteiger partial charge in [0.25, 0.3) is 5.56 Å². The Hall–Kier alpha value is -4.51. The van der Waals surface area contributed by atoms with E-state index in [0.29, 0.717) is 62.9 Å². The Kier molecular flexibility index (Phi) is 7.69. The minimum absolute atomic E-state index is 0.123. The Morgan fingerprint density at radius 3 is 2.26 bits per heavy atom. The van der Waals surface area contributed by atoms with Crippen molar-refractivity contribution < 1.29 is 23.5 Å². The summed E-state index contributed by atoms with van der Waals surface area (Å²) in [7, 11) is 6.24. The van der Waals surface area contributed by atoms with E-state index < -0.39 is 0 Å². The van der Waals surface area contributed by atoms with E-state index in [2.05, 4.69) is 10.1 Å². The third kappa shape index (κ3) is 5.39. The zero-order chi connectivity index (χ0) is 27.4. The summed E-state index contributed by atoms with van der Waals surface area (Å²) in [6.07, 6.45) is 0. The maximum Gasteiger partial charge on any atom is 0.262 e. The van der Waals surface area contributed by atoms with E-state index in [0.717, 1.165) is 11.3 Å². The first-order chi connectivity index (χ1) is 19.0. The van der Waals surface area contributed by atoms with Crippen molar-refractivity contribution in [2.45, 2.75) is 17.5 Å². The Morgan fingerprint density at radius 1 is 0.872 bits per heavy atom. The zero-order valence-electron chi connectivity index (χ0n) is 21.8. The fraction of sp³-hybridized carbons (Fsp3) is 0.214. The number of para-hydroxylation sites is 1. The summed E-state index contributed by atoms with van der Waals surface area (Å²) < 4.78 is 28.7. The van der Waals surface area contributed by atoms with Crippen molar-refractivity contribution in [3.63, 3.8) is 0 Å². The lowest BCUT2D eigenvalue weighted by atomic mass is 10.1. The van der Waals surface area contributed by atoms with Crippen LogP contribution in [-0.2, 0) is 12.3 Å². The smallest absolute Gasteiger partial charge is 0.262 e. The minimum atomic E-state index is -0.123. The van der Waals surface area contributed by atoms with Crippen molar-refractivity contribution in [1.29, 1.82) is 0 Å². The standard InChI is InChI=1S/C28H26N4O6S/c1-34-19-11-9-17(10-12-19)15-32-27(33)20-7-5-6-8-21(20)29-28(32)39-16-24-30-26(31-38-24)18-13-22(35-2)25(37-4)23(14-18)36-3/h5-14H,15-16H2,1-4H3. The molecule has 0 fully saturated rings. The van der Waals surface area contributed by atoms with E-state index in [1.54, 1.807) is 51.2 Å². The third-order valence-electron chi connectivity index (χ3n) is 6.04. The Labute approximate surface area is 228 Å². The summed E-state index contributed by atoms with van der Waals surface area (Å²) in [6.45, 7) is 0.351. The molecule has 3 aromatic carbocycles. The second-order valence-electron chi connectivity index (χ2n) is 8.37. The van der Waals surface area contributed by atoms with E-state index in [1.165, 1.54) is 11.8 Å². The number of rotatable bonds is 10. The highest BCUT2D eigenvalue weighted by Gasteiger charge is 2.19. The zero-order valence-corrected chi connectivity index (χ0v) is 22.7. The lowest BCUT2D eigenvalue weighted by molar-refractivity contribution is 0.324. The third-order valence-corrected chi connectivity index (χ3v) is 7.00. The molecule has 0 aliphatic carbocycles. The van der Waals surface area contributed by atoms with Gasteiger partial charge in [-0.1, -0.05) is 41.2 Å². The average Bonchev–Trinajstić information content (AvgIpc) is 3.46. The van der Waals surface area contributed by atoms with Crippen LogP contribution in [0.1, 0.15) is 11.5 Å².